The van der Waals surface area contributed by atoms with Gasteiger partial charge in [0, 0.05) is 17.1 Å². The molecule has 0 aliphatic rings. The average molecular weight is 264 g/mol. The number of carbonyl (C=O) groups excluding carboxylic acids is 1. The molecule has 0 fully saturated rings. The third-order valence-electron chi connectivity index (χ3n) is 1.88. The van der Waals surface area contributed by atoms with E-state index in [1.165, 1.54) is 12.1 Å². The van der Waals surface area contributed by atoms with Gasteiger partial charge in [0.15, 0.2) is 0 Å². The molecule has 0 saturated carbocycles. The number of rotatable bonds is 2. The Kier molecular flexibility index (Phi) is 5.85. The van der Waals surface area contributed by atoms with Crippen LogP contribution in [-0.2, 0) is 0 Å². The number of benzene rings is 1. The van der Waals surface area contributed by atoms with Gasteiger partial charge in [0.2, 0.25) is 0 Å². The molecule has 1 N–H and O–H groups in total. The predicted octanol–water partition coefficient (Wildman–Crippen LogP) is 2.90. The maximum absolute atomic E-state index is 11.6. The highest BCUT2D eigenvalue weighted by atomic mass is 35.5. The van der Waals surface area contributed by atoms with Crippen LogP contribution in [0, 0.1) is 0 Å². The Hall–Kier alpha value is -1.26. The van der Waals surface area contributed by atoms with Gasteiger partial charge in [-0.15, -0.1) is 12.4 Å². The Morgan fingerprint density at radius 2 is 1.81 bits per heavy atom. The van der Waals surface area contributed by atoms with Gasteiger partial charge < -0.3 is 5.11 Å². The summed E-state index contributed by atoms with van der Waals surface area (Å²) in [6.45, 7) is 1.72. The van der Waals surface area contributed by atoms with Gasteiger partial charge in [-0.1, -0.05) is 11.6 Å². The number of halogens is 2. The summed E-state index contributed by atoms with van der Waals surface area (Å²) < 4.78 is 0. The van der Waals surface area contributed by atoms with Crippen LogP contribution in [0.25, 0.3) is 0 Å². The Morgan fingerprint density at radius 1 is 1.31 bits per heavy atom. The van der Waals surface area contributed by atoms with Crippen molar-refractivity contribution in [1.29, 1.82) is 0 Å². The van der Waals surface area contributed by atoms with E-state index in [9.17, 15) is 9.59 Å². The minimum Gasteiger partial charge on any atom is -0.465 e. The van der Waals surface area contributed by atoms with Gasteiger partial charge in [-0.25, -0.2) is 9.69 Å². The van der Waals surface area contributed by atoms with Gasteiger partial charge in [-0.3, -0.25) is 4.79 Å². The predicted molar refractivity (Wildman–Crippen MR) is 63.4 cm³/mol. The first-order valence-electron chi connectivity index (χ1n) is 4.36. The van der Waals surface area contributed by atoms with Crippen LogP contribution in [0.3, 0.4) is 0 Å². The molecule has 0 unspecified atom stereocenters. The number of hydrogen-bond acceptors (Lipinski definition) is 2. The Bertz CT molecular complexity index is 378. The molecule has 4 nitrogen and oxygen atoms in total. The van der Waals surface area contributed by atoms with E-state index in [1.807, 2.05) is 0 Å². The van der Waals surface area contributed by atoms with Crippen molar-refractivity contribution in [3.8, 4) is 0 Å². The lowest BCUT2D eigenvalue weighted by molar-refractivity contribution is 0.0751. The zero-order valence-electron chi connectivity index (χ0n) is 8.51. The van der Waals surface area contributed by atoms with Gasteiger partial charge in [0.1, 0.15) is 0 Å². The molecule has 2 amide bonds. The van der Waals surface area contributed by atoms with Crippen LogP contribution in [0.4, 0.5) is 4.79 Å². The van der Waals surface area contributed by atoms with Crippen LogP contribution in [0.1, 0.15) is 17.3 Å². The molecule has 16 heavy (non-hydrogen) atoms. The lowest BCUT2D eigenvalue weighted by Crippen LogP contribution is -2.35. The smallest absolute Gasteiger partial charge is 0.414 e. The number of carbonyl (C=O) groups is 2. The molecule has 0 aliphatic heterocycles. The Labute approximate surface area is 104 Å². The third-order valence-corrected chi connectivity index (χ3v) is 2.14. The van der Waals surface area contributed by atoms with Gasteiger partial charge in [-0.05, 0) is 31.2 Å². The second-order valence-corrected chi connectivity index (χ2v) is 3.28. The second kappa shape index (κ2) is 6.35. The summed E-state index contributed by atoms with van der Waals surface area (Å²) in [6, 6.07) is 6.08. The quantitative estimate of drug-likeness (QED) is 0.893. The Balaban J connectivity index is 0.00000225. The lowest BCUT2D eigenvalue weighted by Gasteiger charge is -2.14. The van der Waals surface area contributed by atoms with Gasteiger partial charge in [-0.2, -0.15) is 0 Å². The van der Waals surface area contributed by atoms with Crippen LogP contribution in [-0.4, -0.2) is 28.6 Å². The lowest BCUT2D eigenvalue weighted by atomic mass is 10.2. The van der Waals surface area contributed by atoms with E-state index in [0.29, 0.717) is 10.6 Å². The topological polar surface area (TPSA) is 57.6 Å². The normalized spacial score (nSPS) is 9.12. The fraction of sp³-hybridized carbons (Fsp3) is 0.200. The summed E-state index contributed by atoms with van der Waals surface area (Å²) in [5.74, 6) is -0.540. The van der Waals surface area contributed by atoms with Crippen LogP contribution in [0.5, 0.6) is 0 Å². The molecule has 0 heterocycles. The summed E-state index contributed by atoms with van der Waals surface area (Å²) >= 11 is 5.65. The fourth-order valence-electron chi connectivity index (χ4n) is 1.11. The van der Waals surface area contributed by atoms with Crippen molar-refractivity contribution >= 4 is 36.0 Å². The number of imide groups is 1. The van der Waals surface area contributed by atoms with E-state index >= 15 is 0 Å². The standard InChI is InChI=1S/C10H10ClNO3.ClH/c1-2-12(10(14)15)9(13)7-3-5-8(11)6-4-7;/h3-6H,2H2,1H3,(H,14,15);1H. The third kappa shape index (κ3) is 3.40. The van der Waals surface area contributed by atoms with Gasteiger partial charge in [0.25, 0.3) is 5.91 Å². The highest BCUT2D eigenvalue weighted by molar-refractivity contribution is 6.30. The number of nitrogens with zero attached hydrogens (tertiary/aromatic N) is 1. The van der Waals surface area contributed by atoms with Crippen molar-refractivity contribution in [3.63, 3.8) is 0 Å². The molecule has 0 aliphatic carbocycles. The summed E-state index contributed by atoms with van der Waals surface area (Å²) in [7, 11) is 0. The van der Waals surface area contributed by atoms with Crippen LogP contribution in [0.15, 0.2) is 24.3 Å². The SMILES string of the molecule is CCN(C(=O)O)C(=O)c1ccc(Cl)cc1.Cl. The highest BCUT2D eigenvalue weighted by Gasteiger charge is 2.19. The largest absolute Gasteiger partial charge is 0.465 e. The number of hydrogen-bond donors (Lipinski definition) is 1. The van der Waals surface area contributed by atoms with E-state index in [4.69, 9.17) is 16.7 Å². The first kappa shape index (κ1) is 14.7. The van der Waals surface area contributed by atoms with Gasteiger partial charge >= 0.3 is 6.09 Å². The molecule has 0 atom stereocenters. The van der Waals surface area contributed by atoms with E-state index < -0.39 is 12.0 Å². The molecule has 1 aromatic carbocycles. The van der Waals surface area contributed by atoms with Crippen molar-refractivity contribution in [2.24, 2.45) is 0 Å². The van der Waals surface area contributed by atoms with Gasteiger partial charge in [0.05, 0.1) is 0 Å². The summed E-state index contributed by atoms with van der Waals surface area (Å²) in [5, 5.41) is 9.24. The molecular weight excluding hydrogens is 253 g/mol. The second-order valence-electron chi connectivity index (χ2n) is 2.84. The zero-order chi connectivity index (χ0) is 11.4. The molecule has 0 bridgehead atoms. The highest BCUT2D eigenvalue weighted by Crippen LogP contribution is 2.11. The van der Waals surface area contributed by atoms with Crippen LogP contribution < -0.4 is 0 Å². The molecule has 6 heteroatoms. The molecule has 0 aromatic heterocycles. The summed E-state index contributed by atoms with van der Waals surface area (Å²) in [4.78, 5) is 23.1. The zero-order valence-corrected chi connectivity index (χ0v) is 10.1. The van der Waals surface area contributed by atoms with Crippen LogP contribution in [0.2, 0.25) is 5.02 Å². The number of amides is 2. The Morgan fingerprint density at radius 3 is 2.19 bits per heavy atom. The fourth-order valence-corrected chi connectivity index (χ4v) is 1.24. The molecule has 1 rings (SSSR count). The van der Waals surface area contributed by atoms with Crippen LogP contribution >= 0.6 is 24.0 Å². The van der Waals surface area contributed by atoms with Crippen molar-refractivity contribution in [3.05, 3.63) is 34.9 Å². The summed E-state index contributed by atoms with van der Waals surface area (Å²) in [6.07, 6.45) is -1.25. The molecular formula is C10H11Cl2NO3. The molecule has 0 radical (unpaired) electrons. The summed E-state index contributed by atoms with van der Waals surface area (Å²) in [5.41, 5.74) is 0.309. The van der Waals surface area contributed by atoms with Crippen molar-refractivity contribution in [1.82, 2.24) is 4.90 Å². The van der Waals surface area contributed by atoms with E-state index in [2.05, 4.69) is 0 Å². The molecule has 0 spiro atoms. The number of carboxylic acid groups (broad SMARTS) is 1. The van der Waals surface area contributed by atoms with Crippen molar-refractivity contribution in [2.75, 3.05) is 6.54 Å². The first-order valence-corrected chi connectivity index (χ1v) is 4.74. The van der Waals surface area contributed by atoms with Crippen molar-refractivity contribution in [2.45, 2.75) is 6.92 Å². The van der Waals surface area contributed by atoms with Crippen molar-refractivity contribution < 1.29 is 14.7 Å². The molecule has 1 aromatic rings. The minimum absolute atomic E-state index is 0. The monoisotopic (exact) mass is 263 g/mol. The van der Waals surface area contributed by atoms with E-state index in [0.717, 1.165) is 4.90 Å². The first-order chi connectivity index (χ1) is 7.06. The molecule has 0 saturated heterocycles. The van der Waals surface area contributed by atoms with E-state index in [1.54, 1.807) is 19.1 Å². The average Bonchev–Trinajstić information content (AvgIpc) is 2.19. The van der Waals surface area contributed by atoms with E-state index in [-0.39, 0.29) is 19.0 Å². The minimum atomic E-state index is -1.25. The maximum atomic E-state index is 11.6. The maximum Gasteiger partial charge on any atom is 0.414 e. The molecule has 88 valence electrons.